The fraction of sp³-hybridized carbons (Fsp3) is 0.333. The minimum absolute atomic E-state index is 0.00417. The number of hydrogen-bond acceptors (Lipinski definition) is 7. The summed E-state index contributed by atoms with van der Waals surface area (Å²) in [5.41, 5.74) is 1.35. The number of ketones is 1. The Hall–Kier alpha value is -3.01. The maximum absolute atomic E-state index is 12.7. The number of carbonyl (C=O) groups is 2. The van der Waals surface area contributed by atoms with Crippen molar-refractivity contribution in [3.8, 4) is 0 Å². The van der Waals surface area contributed by atoms with E-state index >= 15 is 0 Å². The number of fused-ring (bicyclic) bond motifs is 1. The van der Waals surface area contributed by atoms with E-state index in [1.807, 2.05) is 19.1 Å². The highest BCUT2D eigenvalue weighted by atomic mass is 32.2. The summed E-state index contributed by atoms with van der Waals surface area (Å²) in [7, 11) is -3.56. The number of esters is 1. The van der Waals surface area contributed by atoms with Crippen molar-refractivity contribution >= 4 is 32.7 Å². The molecule has 2 heterocycles. The van der Waals surface area contributed by atoms with Gasteiger partial charge in [-0.05, 0) is 50.1 Å². The van der Waals surface area contributed by atoms with Gasteiger partial charge in [-0.25, -0.2) is 13.2 Å². The summed E-state index contributed by atoms with van der Waals surface area (Å²) in [5.74, 6) is -1.21. The Morgan fingerprint density at radius 3 is 2.42 bits per heavy atom. The number of hydrogen-bond donors (Lipinski definition) is 0. The Morgan fingerprint density at radius 1 is 1.03 bits per heavy atom. The zero-order valence-electron chi connectivity index (χ0n) is 18.3. The van der Waals surface area contributed by atoms with E-state index < -0.39 is 28.4 Å². The highest BCUT2D eigenvalue weighted by Gasteiger charge is 2.27. The van der Waals surface area contributed by atoms with Crippen LogP contribution >= 0.6 is 0 Å². The lowest BCUT2D eigenvalue weighted by atomic mass is 10.1. The monoisotopic (exact) mass is 471 g/mol. The van der Waals surface area contributed by atoms with Crippen molar-refractivity contribution in [2.45, 2.75) is 31.3 Å². The van der Waals surface area contributed by atoms with E-state index in [0.29, 0.717) is 30.8 Å². The molecule has 0 saturated carbocycles. The van der Waals surface area contributed by atoms with E-state index in [2.05, 4.69) is 0 Å². The maximum Gasteiger partial charge on any atom is 0.375 e. The first-order valence-corrected chi connectivity index (χ1v) is 12.2. The second-order valence-corrected chi connectivity index (χ2v) is 9.62. The third-order valence-corrected chi connectivity index (χ3v) is 7.46. The molecule has 0 aliphatic carbocycles. The van der Waals surface area contributed by atoms with Crippen LogP contribution < -0.4 is 0 Å². The number of sulfonamides is 1. The van der Waals surface area contributed by atoms with Crippen molar-refractivity contribution in [3.05, 3.63) is 65.4 Å². The van der Waals surface area contributed by atoms with Crippen LogP contribution in [0.4, 0.5) is 0 Å². The number of benzene rings is 2. The molecule has 0 N–H and O–H groups in total. The summed E-state index contributed by atoms with van der Waals surface area (Å²) in [6, 6.07) is 12.9. The third kappa shape index (κ3) is 4.85. The molecule has 0 amide bonds. The van der Waals surface area contributed by atoms with Crippen molar-refractivity contribution < 1.29 is 31.9 Å². The lowest BCUT2D eigenvalue weighted by molar-refractivity contribution is 0.0439. The molecule has 1 aliphatic rings. The molecule has 0 radical (unpaired) electrons. The van der Waals surface area contributed by atoms with Crippen LogP contribution in [-0.2, 0) is 26.1 Å². The second kappa shape index (κ2) is 9.86. The molecule has 1 aromatic heterocycles. The fourth-order valence-electron chi connectivity index (χ4n) is 3.78. The first-order valence-electron chi connectivity index (χ1n) is 10.8. The summed E-state index contributed by atoms with van der Waals surface area (Å²) >= 11 is 0. The molecule has 8 nitrogen and oxygen atoms in total. The summed E-state index contributed by atoms with van der Waals surface area (Å²) in [5, 5.41) is 0.749. The molecule has 1 fully saturated rings. The van der Waals surface area contributed by atoms with Gasteiger partial charge in [0.15, 0.2) is 12.4 Å². The molecule has 0 unspecified atom stereocenters. The molecule has 0 spiro atoms. The smallest absolute Gasteiger partial charge is 0.375 e. The molecule has 3 aromatic rings. The van der Waals surface area contributed by atoms with E-state index in [9.17, 15) is 18.0 Å². The van der Waals surface area contributed by atoms with Crippen LogP contribution in [0.1, 0.15) is 46.2 Å². The molecule has 0 atom stereocenters. The van der Waals surface area contributed by atoms with Crippen LogP contribution in [0.25, 0.3) is 11.0 Å². The molecule has 9 heteroatoms. The van der Waals surface area contributed by atoms with Gasteiger partial charge < -0.3 is 13.9 Å². The fourth-order valence-corrected chi connectivity index (χ4v) is 5.30. The standard InChI is InChI=1S/C24H25NO7S/c1-2-30-15-20-19-7-3-4-8-22(19)32-23(20)24(27)31-16-21(26)17-9-11-18(12-10-17)33(28,29)25-13-5-6-14-25/h3-4,7-12H,2,5-6,13-16H2,1H3. The molecular weight excluding hydrogens is 446 g/mol. The Balaban J connectivity index is 1.44. The lowest BCUT2D eigenvalue weighted by Gasteiger charge is -2.15. The van der Waals surface area contributed by atoms with Gasteiger partial charge in [-0.15, -0.1) is 0 Å². The third-order valence-electron chi connectivity index (χ3n) is 5.55. The molecule has 174 valence electrons. The maximum atomic E-state index is 12.7. The number of furan rings is 1. The van der Waals surface area contributed by atoms with E-state index in [4.69, 9.17) is 13.9 Å². The highest BCUT2D eigenvalue weighted by Crippen LogP contribution is 2.27. The number of nitrogens with zero attached hydrogens (tertiary/aromatic N) is 1. The Labute approximate surface area is 192 Å². The van der Waals surface area contributed by atoms with Gasteiger partial charge in [-0.1, -0.05) is 18.2 Å². The zero-order valence-corrected chi connectivity index (χ0v) is 19.1. The zero-order chi connectivity index (χ0) is 23.4. The Morgan fingerprint density at radius 2 is 1.73 bits per heavy atom. The lowest BCUT2D eigenvalue weighted by Crippen LogP contribution is -2.27. The van der Waals surface area contributed by atoms with Gasteiger partial charge in [-0.2, -0.15) is 4.31 Å². The van der Waals surface area contributed by atoms with E-state index in [1.165, 1.54) is 28.6 Å². The Bertz CT molecular complexity index is 1260. The minimum Gasteiger partial charge on any atom is -0.451 e. The van der Waals surface area contributed by atoms with Gasteiger partial charge in [0.1, 0.15) is 5.58 Å². The predicted molar refractivity (Wildman–Crippen MR) is 121 cm³/mol. The first-order chi connectivity index (χ1) is 15.9. The molecule has 1 aliphatic heterocycles. The van der Waals surface area contributed by atoms with Gasteiger partial charge >= 0.3 is 5.97 Å². The average Bonchev–Trinajstić information content (AvgIpc) is 3.50. The highest BCUT2D eigenvalue weighted by molar-refractivity contribution is 7.89. The van der Waals surface area contributed by atoms with Gasteiger partial charge in [0, 0.05) is 36.2 Å². The van der Waals surface area contributed by atoms with E-state index in [-0.39, 0.29) is 22.8 Å². The van der Waals surface area contributed by atoms with Crippen LogP contribution in [0.5, 0.6) is 0 Å². The largest absolute Gasteiger partial charge is 0.451 e. The first kappa shape index (κ1) is 23.2. The van der Waals surface area contributed by atoms with E-state index in [1.54, 1.807) is 12.1 Å². The minimum atomic E-state index is -3.56. The SMILES string of the molecule is CCOCc1c(C(=O)OCC(=O)c2ccc(S(=O)(=O)N3CCCC3)cc2)oc2ccccc12. The topological polar surface area (TPSA) is 103 Å². The molecular formula is C24H25NO7S. The molecule has 2 aromatic carbocycles. The van der Waals surface area contributed by atoms with Crippen LogP contribution in [0.3, 0.4) is 0 Å². The van der Waals surface area contributed by atoms with Gasteiger partial charge in [0.05, 0.1) is 11.5 Å². The average molecular weight is 472 g/mol. The van der Waals surface area contributed by atoms with Crippen LogP contribution in [0.15, 0.2) is 57.8 Å². The van der Waals surface area contributed by atoms with Gasteiger partial charge in [0.25, 0.3) is 0 Å². The summed E-state index contributed by atoms with van der Waals surface area (Å²) < 4.78 is 43.0. The molecule has 0 bridgehead atoms. The van der Waals surface area contributed by atoms with Gasteiger partial charge in [0.2, 0.25) is 15.8 Å². The van der Waals surface area contributed by atoms with Gasteiger partial charge in [-0.3, -0.25) is 4.79 Å². The number of carbonyl (C=O) groups excluding carboxylic acids is 2. The van der Waals surface area contributed by atoms with Crippen LogP contribution in [0.2, 0.25) is 0 Å². The molecule has 1 saturated heterocycles. The van der Waals surface area contributed by atoms with Crippen molar-refractivity contribution in [1.29, 1.82) is 0 Å². The van der Waals surface area contributed by atoms with Crippen molar-refractivity contribution in [2.75, 3.05) is 26.3 Å². The quantitative estimate of drug-likeness (QED) is 0.345. The van der Waals surface area contributed by atoms with E-state index in [0.717, 1.165) is 18.2 Å². The van der Waals surface area contributed by atoms with Crippen LogP contribution in [0, 0.1) is 0 Å². The molecule has 4 rings (SSSR count). The van der Waals surface area contributed by atoms with Crippen molar-refractivity contribution in [3.63, 3.8) is 0 Å². The predicted octanol–water partition coefficient (Wildman–Crippen LogP) is 3.79. The second-order valence-electron chi connectivity index (χ2n) is 7.68. The number of para-hydroxylation sites is 1. The number of ether oxygens (including phenoxy) is 2. The Kier molecular flexibility index (Phi) is 6.92. The summed E-state index contributed by atoms with van der Waals surface area (Å²) in [6.45, 7) is 3.01. The summed E-state index contributed by atoms with van der Waals surface area (Å²) in [4.78, 5) is 25.3. The van der Waals surface area contributed by atoms with Crippen molar-refractivity contribution in [1.82, 2.24) is 4.31 Å². The summed E-state index contributed by atoms with van der Waals surface area (Å²) in [6.07, 6.45) is 1.69. The number of Topliss-reactive ketones (excluding diaryl/α,β-unsaturated/α-hetero) is 1. The molecule has 33 heavy (non-hydrogen) atoms. The normalized spacial score (nSPS) is 14.6. The number of rotatable bonds is 9. The van der Waals surface area contributed by atoms with Crippen molar-refractivity contribution in [2.24, 2.45) is 0 Å². The van der Waals surface area contributed by atoms with Crippen LogP contribution in [-0.4, -0.2) is 50.8 Å².